The van der Waals surface area contributed by atoms with Gasteiger partial charge < -0.3 is 15.5 Å². The van der Waals surface area contributed by atoms with Gasteiger partial charge in [-0.05, 0) is 49.4 Å². The molecule has 0 saturated carbocycles. The van der Waals surface area contributed by atoms with Gasteiger partial charge in [-0.2, -0.15) is 0 Å². The van der Waals surface area contributed by atoms with Crippen LogP contribution in [0.3, 0.4) is 0 Å². The Balaban J connectivity index is 1.93. The third kappa shape index (κ3) is 3.98. The number of carbonyl (C=O) groups is 1. The van der Waals surface area contributed by atoms with E-state index >= 15 is 0 Å². The number of benzene rings is 1. The van der Waals surface area contributed by atoms with E-state index in [9.17, 15) is 15.0 Å². The molecule has 2 aromatic rings. The van der Waals surface area contributed by atoms with E-state index in [1.54, 1.807) is 17.4 Å². The monoisotopic (exact) mass is 305 g/mol. The van der Waals surface area contributed by atoms with Crippen LogP contribution < -0.4 is 5.32 Å². The quantitative estimate of drug-likeness (QED) is 0.744. The van der Waals surface area contributed by atoms with Crippen molar-refractivity contribution in [2.24, 2.45) is 0 Å². The molecule has 0 fully saturated rings. The summed E-state index contributed by atoms with van der Waals surface area (Å²) in [6.07, 6.45) is 0.594. The molecule has 1 aromatic carbocycles. The molecule has 1 heterocycles. The Morgan fingerprint density at radius 1 is 1.24 bits per heavy atom. The van der Waals surface area contributed by atoms with E-state index in [-0.39, 0.29) is 29.4 Å². The first-order valence-corrected chi connectivity index (χ1v) is 7.70. The highest BCUT2D eigenvalue weighted by molar-refractivity contribution is 7.10. The summed E-state index contributed by atoms with van der Waals surface area (Å²) < 4.78 is 0. The van der Waals surface area contributed by atoms with Crippen molar-refractivity contribution >= 4 is 17.2 Å². The van der Waals surface area contributed by atoms with Gasteiger partial charge >= 0.3 is 0 Å². The number of phenols is 2. The first-order chi connectivity index (χ1) is 9.97. The molecule has 0 aliphatic rings. The Morgan fingerprint density at radius 2 is 2.00 bits per heavy atom. The van der Waals surface area contributed by atoms with Crippen molar-refractivity contribution in [2.75, 3.05) is 0 Å². The molecule has 5 heteroatoms. The molecule has 2 atom stereocenters. The molecule has 3 N–H and O–H groups in total. The summed E-state index contributed by atoms with van der Waals surface area (Å²) in [6.45, 7) is 3.81. The average Bonchev–Trinajstić information content (AvgIpc) is 2.96. The van der Waals surface area contributed by atoms with Gasteiger partial charge in [-0.1, -0.05) is 12.1 Å². The van der Waals surface area contributed by atoms with Gasteiger partial charge in [0.1, 0.15) is 0 Å². The normalized spacial score (nSPS) is 13.6. The molecule has 0 aliphatic heterocycles. The minimum atomic E-state index is -0.166. The summed E-state index contributed by atoms with van der Waals surface area (Å²) in [5.74, 6) is -0.451. The number of hydrogen-bond donors (Lipinski definition) is 3. The third-order valence-electron chi connectivity index (χ3n) is 3.33. The van der Waals surface area contributed by atoms with Crippen LogP contribution in [0.5, 0.6) is 11.5 Å². The maximum atomic E-state index is 12.2. The SMILES string of the molecule is CC(Cc1ccc(O)c(O)c1)NC(=O)C(C)c1cccs1. The zero-order chi connectivity index (χ0) is 15.4. The average molecular weight is 305 g/mol. The number of thiophene rings is 1. The lowest BCUT2D eigenvalue weighted by molar-refractivity contribution is -0.122. The standard InChI is InChI=1S/C16H19NO3S/c1-10(8-12-5-6-13(18)14(19)9-12)17-16(20)11(2)15-4-3-7-21-15/h3-7,9-11,18-19H,8H2,1-2H3,(H,17,20). The van der Waals surface area contributed by atoms with Crippen LogP contribution >= 0.6 is 11.3 Å². The Kier molecular flexibility index (Phi) is 4.85. The number of phenolic OH excluding ortho intramolecular Hbond substituents is 2. The fourth-order valence-electron chi connectivity index (χ4n) is 2.14. The highest BCUT2D eigenvalue weighted by atomic mass is 32.1. The van der Waals surface area contributed by atoms with Crippen LogP contribution in [0.2, 0.25) is 0 Å². The number of rotatable bonds is 5. The van der Waals surface area contributed by atoms with Crippen LogP contribution in [0.25, 0.3) is 0 Å². The fraction of sp³-hybridized carbons (Fsp3) is 0.312. The second-order valence-corrected chi connectivity index (χ2v) is 6.15. The van der Waals surface area contributed by atoms with E-state index in [1.807, 2.05) is 31.4 Å². The van der Waals surface area contributed by atoms with Crippen LogP contribution in [-0.4, -0.2) is 22.2 Å². The van der Waals surface area contributed by atoms with Gasteiger partial charge in [-0.15, -0.1) is 11.3 Å². The van der Waals surface area contributed by atoms with Crippen molar-refractivity contribution in [3.8, 4) is 11.5 Å². The molecule has 21 heavy (non-hydrogen) atoms. The lowest BCUT2D eigenvalue weighted by Gasteiger charge is -2.17. The third-order valence-corrected chi connectivity index (χ3v) is 4.39. The minimum Gasteiger partial charge on any atom is -0.504 e. The lowest BCUT2D eigenvalue weighted by atomic mass is 10.0. The van der Waals surface area contributed by atoms with Gasteiger partial charge in [0.25, 0.3) is 0 Å². The van der Waals surface area contributed by atoms with E-state index < -0.39 is 0 Å². The lowest BCUT2D eigenvalue weighted by Crippen LogP contribution is -2.36. The zero-order valence-corrected chi connectivity index (χ0v) is 12.9. The van der Waals surface area contributed by atoms with Gasteiger partial charge in [-0.25, -0.2) is 0 Å². The zero-order valence-electron chi connectivity index (χ0n) is 12.0. The van der Waals surface area contributed by atoms with Crippen molar-refractivity contribution in [1.82, 2.24) is 5.32 Å². The first-order valence-electron chi connectivity index (χ1n) is 6.82. The molecule has 112 valence electrons. The molecule has 1 aromatic heterocycles. The number of aromatic hydroxyl groups is 2. The maximum absolute atomic E-state index is 12.2. The van der Waals surface area contributed by atoms with E-state index in [2.05, 4.69) is 5.32 Å². The van der Waals surface area contributed by atoms with E-state index in [4.69, 9.17) is 0 Å². The molecule has 2 unspecified atom stereocenters. The van der Waals surface area contributed by atoms with Crippen LogP contribution in [0, 0.1) is 0 Å². The van der Waals surface area contributed by atoms with Crippen molar-refractivity contribution in [1.29, 1.82) is 0 Å². The second kappa shape index (κ2) is 6.63. The number of carbonyl (C=O) groups excluding carboxylic acids is 1. The topological polar surface area (TPSA) is 69.6 Å². The Hall–Kier alpha value is -2.01. The van der Waals surface area contributed by atoms with Crippen LogP contribution in [-0.2, 0) is 11.2 Å². The summed E-state index contributed by atoms with van der Waals surface area (Å²) in [6, 6.07) is 8.54. The molecule has 0 aliphatic carbocycles. The Labute approximate surface area is 128 Å². The number of amides is 1. The van der Waals surface area contributed by atoms with E-state index in [0.29, 0.717) is 6.42 Å². The van der Waals surface area contributed by atoms with Crippen LogP contribution in [0.4, 0.5) is 0 Å². The molecule has 0 saturated heterocycles. The van der Waals surface area contributed by atoms with Crippen molar-refractivity contribution in [3.63, 3.8) is 0 Å². The molecule has 0 radical (unpaired) electrons. The van der Waals surface area contributed by atoms with Gasteiger partial charge in [-0.3, -0.25) is 4.79 Å². The summed E-state index contributed by atoms with van der Waals surface area (Å²) in [5, 5.41) is 23.7. The Bertz CT molecular complexity index is 610. The molecule has 1 amide bonds. The molecular weight excluding hydrogens is 286 g/mol. The molecular formula is C16H19NO3S. The summed E-state index contributed by atoms with van der Waals surface area (Å²) >= 11 is 1.57. The maximum Gasteiger partial charge on any atom is 0.228 e. The van der Waals surface area contributed by atoms with Crippen molar-refractivity contribution < 1.29 is 15.0 Å². The van der Waals surface area contributed by atoms with Gasteiger partial charge in [0.05, 0.1) is 5.92 Å². The van der Waals surface area contributed by atoms with E-state index in [1.165, 1.54) is 12.1 Å². The number of nitrogens with one attached hydrogen (secondary N) is 1. The largest absolute Gasteiger partial charge is 0.504 e. The van der Waals surface area contributed by atoms with Gasteiger partial charge in [0.2, 0.25) is 5.91 Å². The first kappa shape index (κ1) is 15.4. The van der Waals surface area contributed by atoms with Crippen LogP contribution in [0.15, 0.2) is 35.7 Å². The molecule has 2 rings (SSSR count). The fourth-order valence-corrected chi connectivity index (χ4v) is 2.92. The predicted octanol–water partition coefficient (Wildman–Crippen LogP) is 3.01. The predicted molar refractivity (Wildman–Crippen MR) is 83.8 cm³/mol. The second-order valence-electron chi connectivity index (χ2n) is 5.17. The number of hydrogen-bond acceptors (Lipinski definition) is 4. The Morgan fingerprint density at radius 3 is 2.62 bits per heavy atom. The van der Waals surface area contributed by atoms with Crippen molar-refractivity contribution in [3.05, 3.63) is 46.2 Å². The highest BCUT2D eigenvalue weighted by Gasteiger charge is 2.18. The summed E-state index contributed by atoms with van der Waals surface area (Å²) in [7, 11) is 0. The minimum absolute atomic E-state index is 0.00653. The van der Waals surface area contributed by atoms with E-state index in [0.717, 1.165) is 10.4 Å². The van der Waals surface area contributed by atoms with Gasteiger partial charge in [0.15, 0.2) is 11.5 Å². The smallest absolute Gasteiger partial charge is 0.228 e. The van der Waals surface area contributed by atoms with Gasteiger partial charge in [0, 0.05) is 10.9 Å². The molecule has 0 spiro atoms. The highest BCUT2D eigenvalue weighted by Crippen LogP contribution is 2.25. The summed E-state index contributed by atoms with van der Waals surface area (Å²) in [5.41, 5.74) is 0.863. The molecule has 0 bridgehead atoms. The summed E-state index contributed by atoms with van der Waals surface area (Å²) in [4.78, 5) is 13.2. The van der Waals surface area contributed by atoms with Crippen molar-refractivity contribution in [2.45, 2.75) is 32.2 Å². The van der Waals surface area contributed by atoms with Crippen LogP contribution in [0.1, 0.15) is 30.2 Å². The molecule has 4 nitrogen and oxygen atoms in total.